The average Bonchev–Trinajstić information content (AvgIpc) is 3.63. The van der Waals surface area contributed by atoms with E-state index in [1.54, 1.807) is 81.7 Å². The van der Waals surface area contributed by atoms with E-state index in [0.717, 1.165) is 4.31 Å². The van der Waals surface area contributed by atoms with Crippen molar-refractivity contribution < 1.29 is 80.5 Å². The van der Waals surface area contributed by atoms with Crippen LogP contribution < -0.4 is 4.90 Å². The molecule has 0 spiro atoms. The number of hydrogen-bond donors (Lipinski definition) is 3. The minimum atomic E-state index is -4.63. The summed E-state index contributed by atoms with van der Waals surface area (Å²) in [4.78, 5) is 41.6. The number of ether oxygens (including phenoxy) is 3. The number of nitrogens with zero attached hydrogens (tertiary/aromatic N) is 3. The zero-order chi connectivity index (χ0) is 54.5. The van der Waals surface area contributed by atoms with Crippen molar-refractivity contribution >= 4 is 75.4 Å². The topological polar surface area (TPSA) is 286 Å². The fraction of sp³-hybridized carbons (Fsp3) is 0.510. The summed E-state index contributed by atoms with van der Waals surface area (Å²) in [5.74, 6) is -3.29. The van der Waals surface area contributed by atoms with Crippen LogP contribution in [0.25, 0.3) is 0 Å². The number of anilines is 1. The van der Waals surface area contributed by atoms with E-state index in [1.165, 1.54) is 31.3 Å². The van der Waals surface area contributed by atoms with Crippen LogP contribution in [0.3, 0.4) is 0 Å². The maximum atomic E-state index is 14.1. The number of allylic oxidation sites excluding steroid dienone is 8. The molecule has 24 heteroatoms. The number of esters is 3. The van der Waals surface area contributed by atoms with Gasteiger partial charge in [0, 0.05) is 67.5 Å². The van der Waals surface area contributed by atoms with Gasteiger partial charge in [-0.15, -0.1) is 0 Å². The van der Waals surface area contributed by atoms with Gasteiger partial charge in [0.2, 0.25) is 15.7 Å². The highest BCUT2D eigenvalue weighted by atomic mass is 32.2. The number of carbonyl (C=O) groups is 3. The lowest BCUT2D eigenvalue weighted by Crippen LogP contribution is -2.44. The summed E-state index contributed by atoms with van der Waals surface area (Å²) in [6, 6.07) is 8.62. The van der Waals surface area contributed by atoms with E-state index < -0.39 is 86.0 Å². The molecule has 0 fully saturated rings. The number of rotatable bonds is 23. The van der Waals surface area contributed by atoms with Gasteiger partial charge in [0.1, 0.15) is 6.54 Å². The molecule has 0 aromatic heterocycles. The Kier molecular flexibility index (Phi) is 18.4. The summed E-state index contributed by atoms with van der Waals surface area (Å²) in [5, 5.41) is 0. The summed E-state index contributed by atoms with van der Waals surface area (Å²) in [5.41, 5.74) is 0.262. The van der Waals surface area contributed by atoms with Crippen LogP contribution in [0.5, 0.6) is 0 Å². The first-order valence-corrected chi connectivity index (χ1v) is 29.8. The largest absolute Gasteiger partial charge is 0.466 e. The van der Waals surface area contributed by atoms with Crippen molar-refractivity contribution in [2.24, 2.45) is 5.41 Å². The molecule has 20 nitrogen and oxygen atoms in total. The second kappa shape index (κ2) is 22.8. The average molecular weight is 1100 g/mol. The van der Waals surface area contributed by atoms with Gasteiger partial charge in [-0.3, -0.25) is 28.0 Å². The van der Waals surface area contributed by atoms with E-state index in [9.17, 15) is 61.7 Å². The fourth-order valence-electron chi connectivity index (χ4n) is 9.50. The molecule has 2 aliphatic heterocycles. The van der Waals surface area contributed by atoms with Gasteiger partial charge in [0.15, 0.2) is 11.1 Å². The SMILES string of the molecule is CCOC(=O)CCCN(C)S(=O)(=O)c1ccc2c(c1)C(C)(C)/C(=C\C=C1C=C(/C=C/C3=[N+](CCCS(=O)(=O)O)c4ccc(S(=O)(=O)O)cc4C3(C)C)CC(C(=O)OCC)(C(=O)OCC)C\1)N2CCCS(=O)(=O)O. The molecule has 2 aromatic carbocycles. The highest BCUT2D eigenvalue weighted by Gasteiger charge is 2.52. The summed E-state index contributed by atoms with van der Waals surface area (Å²) >= 11 is 0. The van der Waals surface area contributed by atoms with Crippen LogP contribution >= 0.6 is 0 Å². The van der Waals surface area contributed by atoms with Crippen LogP contribution in [0.4, 0.5) is 11.4 Å². The van der Waals surface area contributed by atoms with Crippen LogP contribution in [-0.4, -0.2) is 138 Å². The van der Waals surface area contributed by atoms with E-state index in [4.69, 9.17) is 14.2 Å². The Hall–Kier alpha value is -5.08. The van der Waals surface area contributed by atoms with Crippen molar-refractivity contribution in [2.45, 2.75) is 108 Å². The zero-order valence-electron chi connectivity index (χ0n) is 42.3. The molecule has 1 aliphatic carbocycles. The molecule has 0 bridgehead atoms. The van der Waals surface area contributed by atoms with Crippen molar-refractivity contribution in [3.63, 3.8) is 0 Å². The van der Waals surface area contributed by atoms with Crippen molar-refractivity contribution in [1.29, 1.82) is 0 Å². The summed E-state index contributed by atoms with van der Waals surface area (Å²) in [6.45, 7) is 12.4. The number of carbonyl (C=O) groups excluding carboxylic acids is 3. The number of fused-ring (bicyclic) bond motifs is 2. The smallest absolute Gasteiger partial charge is 0.324 e. The lowest BCUT2D eigenvalue weighted by atomic mass is 9.71. The molecule has 3 aliphatic rings. The molecule has 0 amide bonds. The molecule has 3 N–H and O–H groups in total. The molecule has 2 aromatic rings. The molecule has 0 radical (unpaired) electrons. The standard InChI is InChI=1S/C49H65N3O17S4/c1-9-67-44(53)15-12-24-50(8)72(62,63)36-18-20-40-38(30-36)47(4,5)42(51(40)25-13-27-70(56,57)58)22-16-34-29-35(33-49(32-34,45(54)68-10-2)46(55)69-11-3)17-23-43-48(6,7)39-31-37(73(64,65)66)19-21-41(39)52(43)26-14-28-71(59,60)61/h16-23,29-31H,9-15,24-28,32-33H2,1-8H3,(H2-,56,57,58,59,60,61,64,65,66)/p+1. The van der Waals surface area contributed by atoms with Gasteiger partial charge in [0.05, 0.1) is 46.5 Å². The first-order chi connectivity index (χ1) is 33.8. The quantitative estimate of drug-likeness (QED) is 0.0388. The number of hydrogen-bond acceptors (Lipinski definition) is 15. The third-order valence-corrected chi connectivity index (χ3v) is 17.4. The summed E-state index contributed by atoms with van der Waals surface area (Å²) < 4.78 is 148. The molecule has 73 heavy (non-hydrogen) atoms. The second-order valence-electron chi connectivity index (χ2n) is 19.0. The number of benzene rings is 2. The highest BCUT2D eigenvalue weighted by molar-refractivity contribution is 7.89. The molecule has 5 rings (SSSR count). The van der Waals surface area contributed by atoms with Gasteiger partial charge in [-0.1, -0.05) is 32.1 Å². The van der Waals surface area contributed by atoms with Gasteiger partial charge >= 0.3 is 17.9 Å². The van der Waals surface area contributed by atoms with Gasteiger partial charge in [-0.05, 0) is 113 Å². The van der Waals surface area contributed by atoms with E-state index in [2.05, 4.69) is 0 Å². The summed E-state index contributed by atoms with van der Waals surface area (Å²) in [7, 11) is -16.0. The van der Waals surface area contributed by atoms with E-state index in [0.29, 0.717) is 45.1 Å². The monoisotopic (exact) mass is 1100 g/mol. The number of sulfonamides is 1. The molecule has 0 unspecified atom stereocenters. The van der Waals surface area contributed by atoms with E-state index in [-0.39, 0.29) is 87.8 Å². The predicted molar refractivity (Wildman–Crippen MR) is 272 cm³/mol. The second-order valence-corrected chi connectivity index (χ2v) is 25.6. The molecular weight excluding hydrogens is 1030 g/mol. The molecule has 0 saturated carbocycles. The third kappa shape index (κ3) is 13.6. The minimum Gasteiger partial charge on any atom is -0.466 e. The highest BCUT2D eigenvalue weighted by Crippen LogP contribution is 2.50. The van der Waals surface area contributed by atoms with E-state index >= 15 is 0 Å². The molecule has 0 saturated heterocycles. The Balaban J connectivity index is 1.67. The van der Waals surface area contributed by atoms with Gasteiger partial charge in [0.25, 0.3) is 30.4 Å². The molecule has 2 heterocycles. The van der Waals surface area contributed by atoms with Gasteiger partial charge in [-0.2, -0.15) is 29.8 Å². The van der Waals surface area contributed by atoms with Crippen molar-refractivity contribution in [3.05, 3.63) is 94.7 Å². The molecular formula is C49H66N3O17S4+. The van der Waals surface area contributed by atoms with Crippen LogP contribution in [0.1, 0.15) is 98.1 Å². The van der Waals surface area contributed by atoms with Crippen molar-refractivity contribution in [3.8, 4) is 0 Å². The Labute approximate surface area is 428 Å². The van der Waals surface area contributed by atoms with Gasteiger partial charge < -0.3 is 19.1 Å². The molecule has 0 atom stereocenters. The summed E-state index contributed by atoms with van der Waals surface area (Å²) in [6.07, 6.45) is 8.34. The Morgan fingerprint density at radius 2 is 1.32 bits per heavy atom. The maximum absolute atomic E-state index is 14.1. The fourth-order valence-corrected chi connectivity index (χ4v) is 12.2. The van der Waals surface area contributed by atoms with Crippen molar-refractivity contribution in [1.82, 2.24) is 4.31 Å². The predicted octanol–water partition coefficient (Wildman–Crippen LogP) is 5.83. The van der Waals surface area contributed by atoms with Gasteiger partial charge in [-0.25, -0.2) is 12.7 Å². The van der Waals surface area contributed by atoms with E-state index in [1.807, 2.05) is 18.7 Å². The van der Waals surface area contributed by atoms with Crippen LogP contribution in [-0.2, 0) is 79.8 Å². The van der Waals surface area contributed by atoms with Crippen LogP contribution in [0.2, 0.25) is 0 Å². The Bertz CT molecular complexity index is 3100. The van der Waals surface area contributed by atoms with Crippen LogP contribution in [0.15, 0.2) is 93.4 Å². The first-order valence-electron chi connectivity index (χ1n) is 23.7. The van der Waals surface area contributed by atoms with Crippen molar-refractivity contribution in [2.75, 3.05) is 62.9 Å². The minimum absolute atomic E-state index is 0.0243. The maximum Gasteiger partial charge on any atom is 0.324 e. The normalized spacial score (nSPS) is 18.6. The Morgan fingerprint density at radius 1 is 0.726 bits per heavy atom. The first kappa shape index (κ1) is 58.8. The molecule has 402 valence electrons. The zero-order valence-corrected chi connectivity index (χ0v) is 45.5. The Morgan fingerprint density at radius 3 is 1.90 bits per heavy atom. The van der Waals surface area contributed by atoms with Crippen LogP contribution in [0, 0.1) is 5.41 Å². The third-order valence-electron chi connectivity index (χ3n) is 13.1. The lowest BCUT2D eigenvalue weighted by molar-refractivity contribution is -0.437. The lowest BCUT2D eigenvalue weighted by Gasteiger charge is -2.33.